The molecule has 3 rings (SSSR count). The highest BCUT2D eigenvalue weighted by atomic mass is 16.3. The molecule has 0 unspecified atom stereocenters. The number of benzene rings is 1. The summed E-state index contributed by atoms with van der Waals surface area (Å²) in [6.07, 6.45) is 4.02. The van der Waals surface area contributed by atoms with Crippen LogP contribution in [0.2, 0.25) is 0 Å². The molecule has 1 aromatic carbocycles. The van der Waals surface area contributed by atoms with E-state index in [0.717, 1.165) is 35.6 Å². The van der Waals surface area contributed by atoms with Gasteiger partial charge in [-0.25, -0.2) is 4.98 Å². The minimum atomic E-state index is -0.115. The van der Waals surface area contributed by atoms with Crippen LogP contribution in [-0.4, -0.2) is 22.0 Å². The van der Waals surface area contributed by atoms with Crippen LogP contribution in [0.15, 0.2) is 46.9 Å². The van der Waals surface area contributed by atoms with E-state index in [2.05, 4.69) is 20.9 Å². The summed E-state index contributed by atoms with van der Waals surface area (Å²) in [5.74, 6) is 2.40. The number of imidazole rings is 1. The zero-order valence-corrected chi connectivity index (χ0v) is 14.0. The molecule has 2 aromatic heterocycles. The summed E-state index contributed by atoms with van der Waals surface area (Å²) in [5, 5.41) is 2.89. The van der Waals surface area contributed by atoms with Crippen molar-refractivity contribution in [2.24, 2.45) is 0 Å². The molecule has 0 atom stereocenters. The van der Waals surface area contributed by atoms with E-state index >= 15 is 0 Å². The lowest BCUT2D eigenvalue weighted by molar-refractivity contribution is -0.116. The van der Waals surface area contributed by atoms with E-state index in [9.17, 15) is 4.79 Å². The molecule has 3 aromatic rings. The van der Waals surface area contributed by atoms with Crippen molar-refractivity contribution in [1.29, 1.82) is 0 Å². The predicted octanol–water partition coefficient (Wildman–Crippen LogP) is 3.47. The van der Waals surface area contributed by atoms with Gasteiger partial charge in [-0.15, -0.1) is 0 Å². The lowest BCUT2D eigenvalue weighted by Gasteiger charge is -2.07. The Bertz CT molecular complexity index is 874. The van der Waals surface area contributed by atoms with Gasteiger partial charge in [0, 0.05) is 19.2 Å². The van der Waals surface area contributed by atoms with Crippen molar-refractivity contribution in [1.82, 2.24) is 14.9 Å². The molecule has 5 nitrogen and oxygen atoms in total. The van der Waals surface area contributed by atoms with Gasteiger partial charge in [-0.1, -0.05) is 12.1 Å². The first kappa shape index (κ1) is 16.1. The van der Waals surface area contributed by atoms with E-state index in [1.54, 1.807) is 6.08 Å². The smallest absolute Gasteiger partial charge is 0.244 e. The molecule has 24 heavy (non-hydrogen) atoms. The van der Waals surface area contributed by atoms with Crippen molar-refractivity contribution in [3.63, 3.8) is 0 Å². The molecule has 0 spiro atoms. The summed E-state index contributed by atoms with van der Waals surface area (Å²) in [5.41, 5.74) is 2.14. The van der Waals surface area contributed by atoms with Gasteiger partial charge in [-0.3, -0.25) is 4.79 Å². The molecule has 0 fully saturated rings. The summed E-state index contributed by atoms with van der Waals surface area (Å²) in [4.78, 5) is 16.4. The number of aromatic nitrogens is 2. The summed E-state index contributed by atoms with van der Waals surface area (Å²) in [7, 11) is 0. The van der Waals surface area contributed by atoms with Gasteiger partial charge in [0.2, 0.25) is 5.91 Å². The third kappa shape index (κ3) is 3.74. The first-order chi connectivity index (χ1) is 11.6. The van der Waals surface area contributed by atoms with Crippen LogP contribution in [0.25, 0.3) is 17.1 Å². The second kappa shape index (κ2) is 7.17. The highest BCUT2D eigenvalue weighted by molar-refractivity contribution is 5.91. The quantitative estimate of drug-likeness (QED) is 0.558. The van der Waals surface area contributed by atoms with Crippen molar-refractivity contribution in [3.8, 4) is 0 Å². The molecule has 0 aliphatic rings. The first-order valence-electron chi connectivity index (χ1n) is 8.08. The maximum absolute atomic E-state index is 11.8. The van der Waals surface area contributed by atoms with Gasteiger partial charge in [0.1, 0.15) is 17.3 Å². The fourth-order valence-corrected chi connectivity index (χ4v) is 2.69. The monoisotopic (exact) mass is 323 g/mol. The number of aryl methyl sites for hydroxylation is 3. The molecule has 0 aliphatic heterocycles. The number of rotatable bonds is 6. The molecular weight excluding hydrogens is 302 g/mol. The molecule has 1 amide bonds. The highest BCUT2D eigenvalue weighted by Crippen LogP contribution is 2.15. The maximum atomic E-state index is 11.8. The largest absolute Gasteiger partial charge is 0.462 e. The van der Waals surface area contributed by atoms with Gasteiger partial charge < -0.3 is 14.3 Å². The zero-order valence-electron chi connectivity index (χ0n) is 14.0. The third-order valence-electron chi connectivity index (χ3n) is 3.86. The summed E-state index contributed by atoms with van der Waals surface area (Å²) >= 11 is 0. The molecule has 0 aliphatic carbocycles. The number of carbonyl (C=O) groups excluding carboxylic acids is 1. The van der Waals surface area contributed by atoms with Crippen LogP contribution >= 0.6 is 0 Å². The number of carbonyl (C=O) groups is 1. The van der Waals surface area contributed by atoms with Crippen LogP contribution in [-0.2, 0) is 11.3 Å². The third-order valence-corrected chi connectivity index (χ3v) is 3.86. The maximum Gasteiger partial charge on any atom is 0.244 e. The molecule has 0 radical (unpaired) electrons. The number of para-hydroxylation sites is 2. The Morgan fingerprint density at radius 3 is 2.88 bits per heavy atom. The number of nitrogens with one attached hydrogen (secondary N) is 1. The molecule has 0 bridgehead atoms. The van der Waals surface area contributed by atoms with Gasteiger partial charge >= 0.3 is 0 Å². The van der Waals surface area contributed by atoms with Gasteiger partial charge in [-0.05, 0) is 50.6 Å². The van der Waals surface area contributed by atoms with Crippen molar-refractivity contribution in [3.05, 3.63) is 59.8 Å². The minimum Gasteiger partial charge on any atom is -0.462 e. The Balaban J connectivity index is 1.49. The SMILES string of the molecule is Cc1ccc(/C=C/C(=O)NCCCn2c(C)nc3ccccc32)o1. The Kier molecular flexibility index (Phi) is 4.79. The summed E-state index contributed by atoms with van der Waals surface area (Å²) in [6.45, 7) is 5.33. The zero-order chi connectivity index (χ0) is 16.9. The standard InChI is InChI=1S/C19H21N3O2/c1-14-8-9-16(24-14)10-11-19(23)20-12-5-13-22-15(2)21-17-6-3-4-7-18(17)22/h3-4,6-11H,5,12-13H2,1-2H3,(H,20,23)/b11-10+. The van der Waals surface area contributed by atoms with Crippen LogP contribution < -0.4 is 5.32 Å². The molecule has 1 N–H and O–H groups in total. The lowest BCUT2D eigenvalue weighted by atomic mass is 10.3. The minimum absolute atomic E-state index is 0.115. The second-order valence-electron chi connectivity index (χ2n) is 5.73. The second-order valence-corrected chi connectivity index (χ2v) is 5.73. The normalized spacial score (nSPS) is 11.4. The Morgan fingerprint density at radius 1 is 1.25 bits per heavy atom. The summed E-state index contributed by atoms with van der Waals surface area (Å²) in [6, 6.07) is 11.8. The Morgan fingerprint density at radius 2 is 2.08 bits per heavy atom. The Labute approximate surface area is 141 Å². The molecule has 2 heterocycles. The fraction of sp³-hybridized carbons (Fsp3) is 0.263. The number of hydrogen-bond acceptors (Lipinski definition) is 3. The van der Waals surface area contributed by atoms with Crippen molar-refractivity contribution in [2.45, 2.75) is 26.8 Å². The molecule has 0 saturated heterocycles. The number of amides is 1. The molecule has 124 valence electrons. The van der Waals surface area contributed by atoms with Gasteiger partial charge in [-0.2, -0.15) is 0 Å². The number of fused-ring (bicyclic) bond motifs is 1. The van der Waals surface area contributed by atoms with E-state index in [0.29, 0.717) is 12.3 Å². The fourth-order valence-electron chi connectivity index (χ4n) is 2.69. The molecular formula is C19H21N3O2. The van der Waals surface area contributed by atoms with E-state index in [4.69, 9.17) is 4.42 Å². The molecule has 5 heteroatoms. The molecule has 0 saturated carbocycles. The number of nitrogens with zero attached hydrogens (tertiary/aromatic N) is 2. The highest BCUT2D eigenvalue weighted by Gasteiger charge is 2.06. The van der Waals surface area contributed by atoms with Gasteiger partial charge in [0.05, 0.1) is 11.0 Å². The van der Waals surface area contributed by atoms with Crippen molar-refractivity contribution >= 4 is 23.0 Å². The summed E-state index contributed by atoms with van der Waals surface area (Å²) < 4.78 is 7.57. The van der Waals surface area contributed by atoms with Crippen LogP contribution in [0.3, 0.4) is 0 Å². The van der Waals surface area contributed by atoms with Crippen LogP contribution in [0.1, 0.15) is 23.8 Å². The lowest BCUT2D eigenvalue weighted by Crippen LogP contribution is -2.23. The van der Waals surface area contributed by atoms with Crippen LogP contribution in [0, 0.1) is 13.8 Å². The van der Waals surface area contributed by atoms with Crippen LogP contribution in [0.4, 0.5) is 0 Å². The van der Waals surface area contributed by atoms with Crippen LogP contribution in [0.5, 0.6) is 0 Å². The Hall–Kier alpha value is -2.82. The average Bonchev–Trinajstić information content (AvgIpc) is 3.12. The van der Waals surface area contributed by atoms with E-state index < -0.39 is 0 Å². The van der Waals surface area contributed by atoms with E-state index in [1.165, 1.54) is 6.08 Å². The van der Waals surface area contributed by atoms with Gasteiger partial charge in [0.25, 0.3) is 0 Å². The average molecular weight is 323 g/mol. The predicted molar refractivity (Wildman–Crippen MR) is 94.6 cm³/mol. The van der Waals surface area contributed by atoms with Crippen molar-refractivity contribution in [2.75, 3.05) is 6.54 Å². The number of furan rings is 1. The topological polar surface area (TPSA) is 60.1 Å². The first-order valence-corrected chi connectivity index (χ1v) is 8.08. The van der Waals surface area contributed by atoms with E-state index in [-0.39, 0.29) is 5.91 Å². The van der Waals surface area contributed by atoms with E-state index in [1.807, 2.05) is 44.2 Å². The number of hydrogen-bond donors (Lipinski definition) is 1. The van der Waals surface area contributed by atoms with Gasteiger partial charge in [0.15, 0.2) is 0 Å². The van der Waals surface area contributed by atoms with Crippen molar-refractivity contribution < 1.29 is 9.21 Å².